The molecule has 1 saturated heterocycles. The van der Waals surface area contributed by atoms with Crippen molar-refractivity contribution in [2.75, 3.05) is 20.1 Å². The van der Waals surface area contributed by atoms with E-state index in [0.29, 0.717) is 25.1 Å². The summed E-state index contributed by atoms with van der Waals surface area (Å²) in [5.41, 5.74) is 4.78. The average Bonchev–Trinajstić information content (AvgIpc) is 3.47. The van der Waals surface area contributed by atoms with E-state index in [1.54, 1.807) is 24.3 Å². The lowest BCUT2D eigenvalue weighted by atomic mass is 9.79. The summed E-state index contributed by atoms with van der Waals surface area (Å²) in [4.78, 5) is 30.6. The van der Waals surface area contributed by atoms with Crippen LogP contribution in [0, 0.1) is 11.6 Å². The minimum Gasteiger partial charge on any atom is -0.341 e. The van der Waals surface area contributed by atoms with Gasteiger partial charge in [-0.3, -0.25) is 9.59 Å². The maximum Gasteiger partial charge on any atom is 0.253 e. The molecule has 0 radical (unpaired) electrons. The first-order valence-corrected chi connectivity index (χ1v) is 15.9. The molecule has 1 aliphatic rings. The number of hydrogen-bond acceptors (Lipinski definition) is 2. The van der Waals surface area contributed by atoms with Crippen molar-refractivity contribution in [1.29, 1.82) is 0 Å². The number of hydrogen-bond donors (Lipinski definition) is 0. The molecule has 0 spiro atoms. The lowest BCUT2D eigenvalue weighted by Gasteiger charge is -2.29. The third kappa shape index (κ3) is 8.34. The van der Waals surface area contributed by atoms with Crippen molar-refractivity contribution < 1.29 is 18.4 Å². The Morgan fingerprint density at radius 1 is 0.818 bits per heavy atom. The highest BCUT2D eigenvalue weighted by Gasteiger charge is 2.32. The van der Waals surface area contributed by atoms with Crippen LogP contribution >= 0.6 is 0 Å². The number of likely N-dealkylation sites (N-methyl/N-ethyl adjacent to an activating group) is 1. The van der Waals surface area contributed by atoms with Gasteiger partial charge in [0.2, 0.25) is 5.91 Å². The molecule has 3 aromatic carbocycles. The molecule has 0 aromatic heterocycles. The molecule has 0 bridgehead atoms. The molecule has 4 nitrogen and oxygen atoms in total. The first-order chi connectivity index (χ1) is 20.6. The second kappa shape index (κ2) is 13.6. The zero-order valence-corrected chi connectivity index (χ0v) is 27.4. The Hall–Kier alpha value is -3.54. The first-order valence-electron chi connectivity index (χ1n) is 15.9. The monoisotopic (exact) mass is 602 g/mol. The van der Waals surface area contributed by atoms with Crippen molar-refractivity contribution in [3.63, 3.8) is 0 Å². The molecule has 0 saturated carbocycles. The van der Waals surface area contributed by atoms with Crippen LogP contribution in [0.3, 0.4) is 0 Å². The Morgan fingerprint density at radius 3 is 1.80 bits per heavy atom. The highest BCUT2D eigenvalue weighted by molar-refractivity contribution is 5.95. The van der Waals surface area contributed by atoms with Crippen molar-refractivity contribution in [1.82, 2.24) is 9.80 Å². The molecule has 3 aromatic rings. The summed E-state index contributed by atoms with van der Waals surface area (Å²) in [5.74, 6) is -0.479. The second-order valence-electron chi connectivity index (χ2n) is 14.4. The summed E-state index contributed by atoms with van der Waals surface area (Å²) in [6.07, 6.45) is 3.50. The van der Waals surface area contributed by atoms with Crippen LogP contribution in [0.25, 0.3) is 0 Å². The molecule has 1 fully saturated rings. The van der Waals surface area contributed by atoms with Gasteiger partial charge in [-0.1, -0.05) is 78.3 Å². The summed E-state index contributed by atoms with van der Waals surface area (Å²) in [7, 11) is 1.85. The molecule has 1 aliphatic heterocycles. The fourth-order valence-electron chi connectivity index (χ4n) is 5.97. The molecule has 1 atom stereocenters. The van der Waals surface area contributed by atoms with Crippen LogP contribution in [0.1, 0.15) is 112 Å². The van der Waals surface area contributed by atoms with E-state index in [1.807, 2.05) is 29.0 Å². The molecule has 0 aliphatic carbocycles. The van der Waals surface area contributed by atoms with E-state index < -0.39 is 0 Å². The quantitative estimate of drug-likeness (QED) is 0.230. The van der Waals surface area contributed by atoms with E-state index in [2.05, 4.69) is 47.6 Å². The SMILES string of the molecule is CN(C(=O)c1cc(C(C)(C)C)cc(C(C)(C)C)c1)C1CCN(C(=O)CCCCC(c2ccc(F)cc2)c2ccc(F)cc2)C1. The standard InChI is InChI=1S/C38H48F2N2O2/c1-37(2,3)29-22-28(23-30(24-29)38(4,5)6)36(44)41(7)33-20-21-42(25-33)35(43)11-9-8-10-34(26-12-16-31(39)17-13-26)27-14-18-32(40)19-15-27/h12-19,22-24,33-34H,8-11,20-21,25H2,1-7H3. The van der Waals surface area contributed by atoms with Crippen LogP contribution in [-0.4, -0.2) is 47.8 Å². The highest BCUT2D eigenvalue weighted by Crippen LogP contribution is 2.32. The smallest absolute Gasteiger partial charge is 0.253 e. The fraction of sp³-hybridized carbons (Fsp3) is 0.474. The third-order valence-corrected chi connectivity index (χ3v) is 8.97. The number of carbonyl (C=O) groups is 2. The van der Waals surface area contributed by atoms with Gasteiger partial charge in [-0.2, -0.15) is 0 Å². The van der Waals surface area contributed by atoms with Gasteiger partial charge in [0.25, 0.3) is 5.91 Å². The molecular weight excluding hydrogens is 554 g/mol. The first kappa shape index (κ1) is 33.4. The largest absolute Gasteiger partial charge is 0.341 e. The number of amides is 2. The summed E-state index contributed by atoms with van der Waals surface area (Å²) in [6, 6.07) is 19.2. The minimum atomic E-state index is -0.290. The Labute approximate surface area is 262 Å². The molecule has 1 heterocycles. The Balaban J connectivity index is 1.34. The van der Waals surface area contributed by atoms with Gasteiger partial charge in [0.15, 0.2) is 0 Å². The van der Waals surface area contributed by atoms with Crippen LogP contribution < -0.4 is 0 Å². The van der Waals surface area contributed by atoms with Gasteiger partial charge < -0.3 is 9.80 Å². The number of carbonyl (C=O) groups excluding carboxylic acids is 2. The van der Waals surface area contributed by atoms with Crippen LogP contribution in [0.15, 0.2) is 66.7 Å². The van der Waals surface area contributed by atoms with Crippen molar-refractivity contribution in [2.45, 2.75) is 96.4 Å². The van der Waals surface area contributed by atoms with Gasteiger partial charge in [-0.25, -0.2) is 8.78 Å². The molecule has 1 unspecified atom stereocenters. The highest BCUT2D eigenvalue weighted by atomic mass is 19.1. The predicted molar refractivity (Wildman–Crippen MR) is 174 cm³/mol. The van der Waals surface area contributed by atoms with Crippen LogP contribution in [0.5, 0.6) is 0 Å². The second-order valence-corrected chi connectivity index (χ2v) is 14.4. The average molecular weight is 603 g/mol. The van der Waals surface area contributed by atoms with Gasteiger partial charge in [0.05, 0.1) is 6.04 Å². The van der Waals surface area contributed by atoms with E-state index in [0.717, 1.165) is 47.9 Å². The number of likely N-dealkylation sites (tertiary alicyclic amines) is 1. The molecule has 0 N–H and O–H groups in total. The topological polar surface area (TPSA) is 40.6 Å². The molecule has 6 heteroatoms. The molecule has 44 heavy (non-hydrogen) atoms. The van der Waals surface area contributed by atoms with E-state index in [-0.39, 0.29) is 46.2 Å². The van der Waals surface area contributed by atoms with E-state index in [9.17, 15) is 18.4 Å². The summed E-state index contributed by atoms with van der Waals surface area (Å²) in [5, 5.41) is 0. The summed E-state index contributed by atoms with van der Waals surface area (Å²) < 4.78 is 27.1. The van der Waals surface area contributed by atoms with Crippen molar-refractivity contribution in [2.24, 2.45) is 0 Å². The van der Waals surface area contributed by atoms with Gasteiger partial charge >= 0.3 is 0 Å². The number of rotatable bonds is 9. The molecule has 2 amide bonds. The van der Waals surface area contributed by atoms with Gasteiger partial charge in [0, 0.05) is 38.0 Å². The Morgan fingerprint density at radius 2 is 1.32 bits per heavy atom. The Bertz CT molecular complexity index is 1360. The van der Waals surface area contributed by atoms with Crippen LogP contribution in [0.2, 0.25) is 0 Å². The lowest BCUT2D eigenvalue weighted by Crippen LogP contribution is -2.40. The maximum atomic E-state index is 13.7. The van der Waals surface area contributed by atoms with Gasteiger partial charge in [0.1, 0.15) is 11.6 Å². The number of halogens is 2. The normalized spacial score (nSPS) is 15.6. The van der Waals surface area contributed by atoms with Crippen molar-refractivity contribution >= 4 is 11.8 Å². The molecule has 4 rings (SSSR count). The Kier molecular flexibility index (Phi) is 10.3. The fourth-order valence-corrected chi connectivity index (χ4v) is 5.97. The third-order valence-electron chi connectivity index (χ3n) is 8.97. The van der Waals surface area contributed by atoms with E-state index >= 15 is 0 Å². The zero-order valence-electron chi connectivity index (χ0n) is 27.4. The lowest BCUT2D eigenvalue weighted by molar-refractivity contribution is -0.130. The minimum absolute atomic E-state index is 0.00211. The van der Waals surface area contributed by atoms with Crippen molar-refractivity contribution in [3.8, 4) is 0 Å². The number of unbranched alkanes of at least 4 members (excludes halogenated alkanes) is 1. The number of nitrogens with zero attached hydrogens (tertiary/aromatic N) is 2. The van der Waals surface area contributed by atoms with Crippen LogP contribution in [-0.2, 0) is 15.6 Å². The molecule has 236 valence electrons. The number of benzene rings is 3. The van der Waals surface area contributed by atoms with Gasteiger partial charge in [-0.15, -0.1) is 0 Å². The molecular formula is C38H48F2N2O2. The van der Waals surface area contributed by atoms with E-state index in [4.69, 9.17) is 0 Å². The summed E-state index contributed by atoms with van der Waals surface area (Å²) in [6.45, 7) is 14.2. The predicted octanol–water partition coefficient (Wildman–Crippen LogP) is 8.63. The maximum absolute atomic E-state index is 13.7. The van der Waals surface area contributed by atoms with Crippen molar-refractivity contribution in [3.05, 3.63) is 106 Å². The van der Waals surface area contributed by atoms with Gasteiger partial charge in [-0.05, 0) is 88.7 Å². The van der Waals surface area contributed by atoms with E-state index in [1.165, 1.54) is 24.3 Å². The van der Waals surface area contributed by atoms with Crippen LogP contribution in [0.4, 0.5) is 8.78 Å². The zero-order chi connectivity index (χ0) is 32.2. The summed E-state index contributed by atoms with van der Waals surface area (Å²) >= 11 is 0.